The van der Waals surface area contributed by atoms with E-state index in [0.717, 1.165) is 45.4 Å². The summed E-state index contributed by atoms with van der Waals surface area (Å²) in [5.74, 6) is 1.33. The molecule has 0 atom stereocenters. The van der Waals surface area contributed by atoms with E-state index in [9.17, 15) is 30.0 Å². The summed E-state index contributed by atoms with van der Waals surface area (Å²) < 4.78 is 3.80. The number of carbonyl (C=O) groups excluding carboxylic acids is 2. The van der Waals surface area contributed by atoms with Crippen LogP contribution in [-0.4, -0.2) is 109 Å². The van der Waals surface area contributed by atoms with E-state index in [4.69, 9.17) is 0 Å². The van der Waals surface area contributed by atoms with Crippen LogP contribution in [0.25, 0.3) is 24.3 Å². The minimum absolute atomic E-state index is 0.0136. The topological polar surface area (TPSA) is 153 Å². The molecule has 4 aromatic rings. The van der Waals surface area contributed by atoms with Crippen LogP contribution >= 0.6 is 21.6 Å². The first-order chi connectivity index (χ1) is 27.4. The van der Waals surface area contributed by atoms with Gasteiger partial charge in [-0.15, -0.1) is 0 Å². The Bertz CT molecular complexity index is 1680. The number of aliphatic hydroxyl groups excluding tert-OH is 4. The predicted molar refractivity (Wildman–Crippen MR) is 228 cm³/mol. The number of hydrogen-bond donors (Lipinski definition) is 6. The molecule has 2 amide bonds. The van der Waals surface area contributed by atoms with Crippen LogP contribution in [0.2, 0.25) is 0 Å². The number of anilines is 2. The fourth-order valence-corrected chi connectivity index (χ4v) is 7.57. The number of nitrogens with one attached hydrogen (secondary N) is 2. The van der Waals surface area contributed by atoms with Crippen LogP contribution in [0.1, 0.15) is 22.5 Å². The van der Waals surface area contributed by atoms with Crippen molar-refractivity contribution in [2.45, 2.75) is 13.1 Å². The largest absolute Gasteiger partial charge is 0.395 e. The molecule has 0 fully saturated rings. The number of carbonyl (C=O) groups is 2. The summed E-state index contributed by atoms with van der Waals surface area (Å²) in [6.07, 6.45) is 11.7. The average Bonchev–Trinajstić information content (AvgIpc) is 3.21. The number of benzene rings is 2. The van der Waals surface area contributed by atoms with Gasteiger partial charge in [0.15, 0.2) is 12.4 Å². The molecule has 2 aromatic heterocycles. The number of hydrogen-bond acceptors (Lipinski definition) is 10. The van der Waals surface area contributed by atoms with Gasteiger partial charge < -0.3 is 40.9 Å². The van der Waals surface area contributed by atoms with Crippen molar-refractivity contribution < 1.29 is 39.1 Å². The second kappa shape index (κ2) is 25.5. The van der Waals surface area contributed by atoms with E-state index in [1.54, 1.807) is 21.6 Å². The Balaban J connectivity index is 1.13. The normalized spacial score (nSPS) is 11.3. The van der Waals surface area contributed by atoms with Gasteiger partial charge in [0.05, 0.1) is 26.4 Å². The van der Waals surface area contributed by atoms with Crippen molar-refractivity contribution in [1.82, 2.24) is 10.6 Å². The molecule has 2 heterocycles. The summed E-state index contributed by atoms with van der Waals surface area (Å²) in [7, 11) is 3.31. The van der Waals surface area contributed by atoms with Gasteiger partial charge in [0.25, 0.3) is 11.8 Å². The van der Waals surface area contributed by atoms with Crippen LogP contribution in [0.3, 0.4) is 0 Å². The molecule has 4 rings (SSSR count). The summed E-state index contributed by atoms with van der Waals surface area (Å²) >= 11 is 0. The highest BCUT2D eigenvalue weighted by Crippen LogP contribution is 2.20. The van der Waals surface area contributed by atoms with Gasteiger partial charge in [-0.25, -0.2) is 0 Å². The second-order valence-corrected chi connectivity index (χ2v) is 15.3. The Hall–Kier alpha value is -4.70. The Morgan fingerprint density at radius 2 is 0.911 bits per heavy atom. The van der Waals surface area contributed by atoms with E-state index in [2.05, 4.69) is 10.6 Å². The zero-order valence-electron chi connectivity index (χ0n) is 31.7. The molecule has 0 saturated carbocycles. The maximum absolute atomic E-state index is 12.7. The average molecular weight is 803 g/mol. The van der Waals surface area contributed by atoms with Crippen LogP contribution in [0.15, 0.2) is 97.3 Å². The molecule has 0 unspecified atom stereocenters. The van der Waals surface area contributed by atoms with Crippen LogP contribution in [0.4, 0.5) is 11.4 Å². The molecule has 56 heavy (non-hydrogen) atoms. The molecule has 0 saturated heterocycles. The van der Waals surface area contributed by atoms with E-state index in [-0.39, 0.29) is 51.3 Å². The maximum atomic E-state index is 12.7. The minimum atomic E-state index is -0.0729. The number of amides is 2. The lowest BCUT2D eigenvalue weighted by Crippen LogP contribution is -2.45. The molecule has 0 aliphatic heterocycles. The van der Waals surface area contributed by atoms with E-state index < -0.39 is 0 Å². The van der Waals surface area contributed by atoms with E-state index >= 15 is 0 Å². The van der Waals surface area contributed by atoms with Gasteiger partial charge in [-0.3, -0.25) is 9.59 Å². The number of aromatic nitrogens is 2. The first kappa shape index (κ1) is 44.0. The number of rotatable bonds is 25. The number of nitrogens with zero attached hydrogens (tertiary/aromatic N) is 4. The van der Waals surface area contributed by atoms with Crippen molar-refractivity contribution in [1.29, 1.82) is 0 Å². The minimum Gasteiger partial charge on any atom is -0.395 e. The fourth-order valence-electron chi connectivity index (χ4n) is 5.75. The van der Waals surface area contributed by atoms with E-state index in [1.165, 1.54) is 0 Å². The summed E-state index contributed by atoms with van der Waals surface area (Å²) in [4.78, 5) is 29.3. The maximum Gasteiger partial charge on any atom is 0.286 e. The quantitative estimate of drug-likeness (QED) is 0.0335. The molecule has 0 spiro atoms. The van der Waals surface area contributed by atoms with Crippen molar-refractivity contribution in [3.63, 3.8) is 0 Å². The molecule has 0 radical (unpaired) electrons. The summed E-state index contributed by atoms with van der Waals surface area (Å²) in [5, 5.41) is 43.2. The lowest BCUT2D eigenvalue weighted by Gasteiger charge is -2.22. The van der Waals surface area contributed by atoms with Crippen molar-refractivity contribution in [3.8, 4) is 0 Å². The van der Waals surface area contributed by atoms with Gasteiger partial charge in [0.1, 0.15) is 0 Å². The summed E-state index contributed by atoms with van der Waals surface area (Å²) in [6, 6.07) is 27.4. The molecule has 0 bridgehead atoms. The van der Waals surface area contributed by atoms with Gasteiger partial charge in [-0.1, -0.05) is 45.9 Å². The number of pyridine rings is 2. The van der Waals surface area contributed by atoms with Crippen LogP contribution < -0.4 is 29.6 Å². The Labute approximate surface area is 337 Å². The smallest absolute Gasteiger partial charge is 0.286 e. The molecule has 2 aromatic carbocycles. The summed E-state index contributed by atoms with van der Waals surface area (Å²) in [6.45, 7) is 3.34. The SMILES string of the molecule is O=C(C[n+]1ccccc1/C=C/c1ccc(N(CCO)CCO)cc1)NCCSSCCNC(=O)C[n+]1ccccc1/C=C/c1ccc(N(CCO)CCO)cc1. The molecule has 0 aliphatic rings. The molecular formula is C42H54N6O6S2+2. The monoisotopic (exact) mass is 802 g/mol. The first-order valence-corrected chi connectivity index (χ1v) is 21.2. The highest BCUT2D eigenvalue weighted by molar-refractivity contribution is 8.76. The van der Waals surface area contributed by atoms with Gasteiger partial charge in [-0.05, 0) is 59.7 Å². The van der Waals surface area contributed by atoms with E-state index in [1.807, 2.05) is 141 Å². The molecular weight excluding hydrogens is 749 g/mol. The standard InChI is InChI=1S/C42H52N6O6S2/c49-27-23-45(24-28-50)39-15-9-35(10-16-39)7-13-37-5-1-3-21-47(37)33-41(53)43-19-31-55-56-32-20-44-42(54)34-48-22-4-2-6-38(48)14-8-36-11-17-40(18-12-36)46(25-29-51)26-30-52/h1-18,21-22,49-52H,19-20,23-34H2/p+2. The third kappa shape index (κ3) is 15.4. The highest BCUT2D eigenvalue weighted by Gasteiger charge is 2.14. The molecule has 6 N–H and O–H groups in total. The number of aliphatic hydroxyl groups is 4. The lowest BCUT2D eigenvalue weighted by atomic mass is 10.1. The van der Waals surface area contributed by atoms with Crippen LogP contribution in [-0.2, 0) is 22.7 Å². The molecule has 298 valence electrons. The van der Waals surface area contributed by atoms with Crippen molar-refractivity contribution in [2.24, 2.45) is 0 Å². The summed E-state index contributed by atoms with van der Waals surface area (Å²) in [5.41, 5.74) is 5.63. The van der Waals surface area contributed by atoms with E-state index in [0.29, 0.717) is 39.3 Å². The zero-order chi connectivity index (χ0) is 39.8. The first-order valence-electron chi connectivity index (χ1n) is 18.7. The molecule has 0 aliphatic carbocycles. The van der Waals surface area contributed by atoms with Gasteiger partial charge in [0.2, 0.25) is 24.5 Å². The second-order valence-electron chi connectivity index (χ2n) is 12.6. The highest BCUT2D eigenvalue weighted by atomic mass is 33.1. The van der Waals surface area contributed by atoms with Crippen LogP contribution in [0.5, 0.6) is 0 Å². The Kier molecular flexibility index (Phi) is 20.0. The Morgan fingerprint density at radius 3 is 1.27 bits per heavy atom. The fraction of sp³-hybridized carbons (Fsp3) is 0.333. The van der Waals surface area contributed by atoms with Crippen molar-refractivity contribution >= 4 is 69.1 Å². The van der Waals surface area contributed by atoms with Crippen molar-refractivity contribution in [3.05, 3.63) is 120 Å². The van der Waals surface area contributed by atoms with Crippen molar-refractivity contribution in [2.75, 3.05) is 87.0 Å². The van der Waals surface area contributed by atoms with Gasteiger partial charge >= 0.3 is 0 Å². The molecule has 14 heteroatoms. The van der Waals surface area contributed by atoms with Gasteiger partial charge in [0, 0.05) is 98.6 Å². The van der Waals surface area contributed by atoms with Gasteiger partial charge in [-0.2, -0.15) is 9.13 Å². The third-order valence-corrected chi connectivity index (χ3v) is 11.0. The predicted octanol–water partition coefficient (Wildman–Crippen LogP) is 2.50. The Morgan fingerprint density at radius 1 is 0.536 bits per heavy atom. The lowest BCUT2D eigenvalue weighted by molar-refractivity contribution is -0.686. The zero-order valence-corrected chi connectivity index (χ0v) is 33.3. The molecule has 12 nitrogen and oxygen atoms in total. The van der Waals surface area contributed by atoms with Crippen LogP contribution in [0, 0.1) is 0 Å². The third-order valence-electron chi connectivity index (χ3n) is 8.57.